The summed E-state index contributed by atoms with van der Waals surface area (Å²) in [5, 5.41) is 0. The Hall–Kier alpha value is -0.195. The van der Waals surface area contributed by atoms with Gasteiger partial charge in [-0.2, -0.15) is 0 Å². The molecule has 0 spiro atoms. The summed E-state index contributed by atoms with van der Waals surface area (Å²) in [6.45, 7) is 4.12. The van der Waals surface area contributed by atoms with E-state index in [0.29, 0.717) is 0 Å². The summed E-state index contributed by atoms with van der Waals surface area (Å²) < 4.78 is 0. The summed E-state index contributed by atoms with van der Waals surface area (Å²) in [7, 11) is 2.08. The predicted molar refractivity (Wildman–Crippen MR) is 28.0 cm³/mol. The lowest BCUT2D eigenvalue weighted by molar-refractivity contribution is 1.59. The number of allylic oxidation sites excluding steroid dienone is 2. The molecule has 0 saturated heterocycles. The molecule has 0 unspecified atom stereocenters. The van der Waals surface area contributed by atoms with Crippen molar-refractivity contribution in [3.63, 3.8) is 0 Å². The van der Waals surface area contributed by atoms with Crippen molar-refractivity contribution in [2.24, 2.45) is 0 Å². The van der Waals surface area contributed by atoms with Gasteiger partial charge in [0, 0.05) is 0 Å². The standard InChI is InChI=1S/C4H9B/c1-3-4(2)5/h3H,5H2,1-2H3/b4-3+. The zero-order chi connectivity index (χ0) is 4.28. The molecule has 0 aromatic carbocycles. The van der Waals surface area contributed by atoms with Crippen LogP contribution in [0.1, 0.15) is 13.8 Å². The SMILES string of the molecule is B/C(C)=C/C. The zero-order valence-corrected chi connectivity index (χ0v) is 4.08. The second-order valence-corrected chi connectivity index (χ2v) is 1.37. The van der Waals surface area contributed by atoms with Crippen LogP contribution in [-0.4, -0.2) is 7.85 Å². The normalized spacial score (nSPS) is 12.0. The van der Waals surface area contributed by atoms with Gasteiger partial charge in [0.05, 0.1) is 0 Å². The smallest absolute Gasteiger partial charge is 0.117 e. The molecule has 0 aliphatic rings. The minimum atomic E-state index is 1.38. The largest absolute Gasteiger partial charge is 0.133 e. The van der Waals surface area contributed by atoms with Crippen molar-refractivity contribution in [2.75, 3.05) is 0 Å². The second kappa shape index (κ2) is 2.07. The Labute approximate surface area is 34.3 Å². The van der Waals surface area contributed by atoms with Crippen molar-refractivity contribution in [1.82, 2.24) is 0 Å². The maximum atomic E-state index is 2.08. The first-order valence-electron chi connectivity index (χ1n) is 1.87. The molecular formula is C4H9B. The molecule has 0 atom stereocenters. The van der Waals surface area contributed by atoms with Crippen LogP contribution in [0, 0.1) is 0 Å². The quantitative estimate of drug-likeness (QED) is 0.363. The lowest BCUT2D eigenvalue weighted by Crippen LogP contribution is -1.62. The van der Waals surface area contributed by atoms with Crippen LogP contribution >= 0.6 is 0 Å². The molecule has 0 aromatic heterocycles. The Balaban J connectivity index is 3.14. The summed E-state index contributed by atoms with van der Waals surface area (Å²) in [6, 6.07) is 0. The van der Waals surface area contributed by atoms with Gasteiger partial charge in [-0.3, -0.25) is 0 Å². The molecule has 0 radical (unpaired) electrons. The molecule has 0 N–H and O–H groups in total. The van der Waals surface area contributed by atoms with Crippen molar-refractivity contribution >= 4 is 7.85 Å². The van der Waals surface area contributed by atoms with E-state index in [2.05, 4.69) is 20.8 Å². The lowest BCUT2D eigenvalue weighted by atomic mass is 9.98. The molecule has 0 rings (SSSR count). The fourth-order valence-electron chi connectivity index (χ4n) is 0. The van der Waals surface area contributed by atoms with E-state index in [4.69, 9.17) is 0 Å². The molecule has 0 aliphatic heterocycles. The molecule has 0 bridgehead atoms. The van der Waals surface area contributed by atoms with Gasteiger partial charge in [0.2, 0.25) is 0 Å². The maximum Gasteiger partial charge on any atom is 0.133 e. The van der Waals surface area contributed by atoms with Crippen molar-refractivity contribution < 1.29 is 0 Å². The third-order valence-corrected chi connectivity index (χ3v) is 0.577. The average molecular weight is 67.9 g/mol. The fourth-order valence-corrected chi connectivity index (χ4v) is 0. The highest BCUT2D eigenvalue weighted by atomic mass is 13.6. The Morgan fingerprint density at radius 3 is 2.00 bits per heavy atom. The number of hydrogen-bond acceptors (Lipinski definition) is 0. The maximum absolute atomic E-state index is 2.08. The second-order valence-electron chi connectivity index (χ2n) is 1.37. The molecule has 1 heteroatoms. The first-order chi connectivity index (χ1) is 2.27. The molecule has 0 aromatic rings. The third kappa shape index (κ3) is 3.80. The van der Waals surface area contributed by atoms with Gasteiger partial charge in [-0.05, 0) is 6.92 Å². The minimum Gasteiger partial charge on any atom is -0.117 e. The van der Waals surface area contributed by atoms with E-state index in [-0.39, 0.29) is 0 Å². The molecule has 0 aliphatic carbocycles. The molecule has 0 fully saturated rings. The van der Waals surface area contributed by atoms with Gasteiger partial charge >= 0.3 is 0 Å². The topological polar surface area (TPSA) is 0 Å². The van der Waals surface area contributed by atoms with Crippen LogP contribution < -0.4 is 0 Å². The first-order valence-corrected chi connectivity index (χ1v) is 1.87. The number of hydrogen-bond donors (Lipinski definition) is 0. The van der Waals surface area contributed by atoms with Crippen LogP contribution in [0.3, 0.4) is 0 Å². The highest BCUT2D eigenvalue weighted by molar-refractivity contribution is 6.21. The van der Waals surface area contributed by atoms with Crippen molar-refractivity contribution in [3.8, 4) is 0 Å². The van der Waals surface area contributed by atoms with Crippen LogP contribution in [0.2, 0.25) is 0 Å². The zero-order valence-electron chi connectivity index (χ0n) is 4.08. The van der Waals surface area contributed by atoms with Gasteiger partial charge in [-0.25, -0.2) is 0 Å². The van der Waals surface area contributed by atoms with E-state index in [0.717, 1.165) is 0 Å². The van der Waals surface area contributed by atoms with Crippen LogP contribution in [0.25, 0.3) is 0 Å². The van der Waals surface area contributed by atoms with Gasteiger partial charge in [0.15, 0.2) is 0 Å². The number of rotatable bonds is 0. The van der Waals surface area contributed by atoms with Gasteiger partial charge < -0.3 is 0 Å². The molecule has 0 heterocycles. The monoisotopic (exact) mass is 68.1 g/mol. The first kappa shape index (κ1) is 4.80. The third-order valence-electron chi connectivity index (χ3n) is 0.577. The van der Waals surface area contributed by atoms with E-state index in [1.54, 1.807) is 0 Å². The minimum absolute atomic E-state index is 1.38. The summed E-state index contributed by atoms with van der Waals surface area (Å²) in [5.74, 6) is 0. The molecule has 0 nitrogen and oxygen atoms in total. The molecular weight excluding hydrogens is 58.9 g/mol. The van der Waals surface area contributed by atoms with E-state index >= 15 is 0 Å². The summed E-state index contributed by atoms with van der Waals surface area (Å²) in [5.41, 5.74) is 1.38. The Morgan fingerprint density at radius 1 is 1.80 bits per heavy atom. The molecule has 0 saturated carbocycles. The van der Waals surface area contributed by atoms with Gasteiger partial charge in [0.1, 0.15) is 7.85 Å². The van der Waals surface area contributed by atoms with E-state index in [1.165, 1.54) is 5.47 Å². The van der Waals surface area contributed by atoms with Crippen molar-refractivity contribution in [1.29, 1.82) is 0 Å². The van der Waals surface area contributed by atoms with E-state index in [9.17, 15) is 0 Å². The molecule has 28 valence electrons. The summed E-state index contributed by atoms with van der Waals surface area (Å²) >= 11 is 0. The predicted octanol–water partition coefficient (Wildman–Crippen LogP) is 0.543. The summed E-state index contributed by atoms with van der Waals surface area (Å²) in [4.78, 5) is 0. The van der Waals surface area contributed by atoms with Gasteiger partial charge in [-0.1, -0.05) is 13.0 Å². The van der Waals surface area contributed by atoms with Gasteiger partial charge in [0.25, 0.3) is 0 Å². The van der Waals surface area contributed by atoms with Crippen molar-refractivity contribution in [2.45, 2.75) is 13.8 Å². The van der Waals surface area contributed by atoms with E-state index < -0.39 is 0 Å². The van der Waals surface area contributed by atoms with Gasteiger partial charge in [-0.15, -0.1) is 5.47 Å². The average Bonchev–Trinajstić information content (AvgIpc) is 1.38. The highest BCUT2D eigenvalue weighted by Gasteiger charge is 1.61. The molecule has 0 amide bonds. The van der Waals surface area contributed by atoms with Crippen LogP contribution in [0.5, 0.6) is 0 Å². The summed E-state index contributed by atoms with van der Waals surface area (Å²) in [6.07, 6.45) is 2.08. The van der Waals surface area contributed by atoms with Crippen LogP contribution in [-0.2, 0) is 0 Å². The highest BCUT2D eigenvalue weighted by Crippen LogP contribution is 1.76. The lowest BCUT2D eigenvalue weighted by Gasteiger charge is -1.73. The molecule has 5 heavy (non-hydrogen) atoms. The van der Waals surface area contributed by atoms with Crippen LogP contribution in [0.15, 0.2) is 11.5 Å². The Kier molecular flexibility index (Phi) is 1.99. The van der Waals surface area contributed by atoms with E-state index in [1.807, 2.05) is 6.92 Å². The Morgan fingerprint density at radius 2 is 2.00 bits per heavy atom. The van der Waals surface area contributed by atoms with Crippen molar-refractivity contribution in [3.05, 3.63) is 11.5 Å². The Bertz CT molecular complexity index is 41.6. The fraction of sp³-hybridized carbons (Fsp3) is 0.500. The van der Waals surface area contributed by atoms with Crippen LogP contribution in [0.4, 0.5) is 0 Å².